The van der Waals surface area contributed by atoms with Crippen LogP contribution in [0.1, 0.15) is 41.6 Å². The second-order valence-corrected chi connectivity index (χ2v) is 9.93. The lowest BCUT2D eigenvalue weighted by molar-refractivity contribution is -0.132. The molecule has 0 saturated carbocycles. The van der Waals surface area contributed by atoms with Crippen molar-refractivity contribution in [3.05, 3.63) is 94.6 Å². The Balaban J connectivity index is 1.67. The summed E-state index contributed by atoms with van der Waals surface area (Å²) >= 11 is 1.35. The first kappa shape index (κ1) is 23.8. The number of hydrogen-bond donors (Lipinski definition) is 1. The molecule has 0 bridgehead atoms. The summed E-state index contributed by atoms with van der Waals surface area (Å²) in [5.41, 5.74) is 4.06. The average molecular weight is 499 g/mol. The fourth-order valence-electron chi connectivity index (χ4n) is 4.30. The molecule has 1 unspecified atom stereocenters. The van der Waals surface area contributed by atoms with Crippen LogP contribution >= 0.6 is 11.3 Å². The number of aliphatic hydroxyl groups is 1. The number of carbonyl (C=O) groups excluding carboxylic acids is 2. The lowest BCUT2D eigenvalue weighted by atomic mass is 9.95. The van der Waals surface area contributed by atoms with E-state index in [1.807, 2.05) is 75.4 Å². The fourth-order valence-corrected chi connectivity index (χ4v) is 5.39. The van der Waals surface area contributed by atoms with Crippen LogP contribution in [0.4, 0.5) is 5.13 Å². The van der Waals surface area contributed by atoms with Crippen LogP contribution in [-0.4, -0.2) is 28.4 Å². The van der Waals surface area contributed by atoms with Crippen molar-refractivity contribution < 1.29 is 19.4 Å². The number of anilines is 1. The lowest BCUT2D eigenvalue weighted by Gasteiger charge is -2.23. The smallest absolute Gasteiger partial charge is 0.301 e. The SMILES string of the molecule is CCCOc1ccc(C2C(=C(O)c3ccc(C)cc3)C(=O)C(=O)N2c2nc3ccc(C)cc3s2)cc1. The maximum absolute atomic E-state index is 13.4. The Morgan fingerprint density at radius 3 is 2.39 bits per heavy atom. The molecule has 1 aromatic heterocycles. The van der Waals surface area contributed by atoms with Crippen LogP contribution in [-0.2, 0) is 9.59 Å². The summed E-state index contributed by atoms with van der Waals surface area (Å²) in [6.45, 7) is 6.57. The zero-order valence-electron chi connectivity index (χ0n) is 20.3. The van der Waals surface area contributed by atoms with E-state index < -0.39 is 17.7 Å². The van der Waals surface area contributed by atoms with Crippen molar-refractivity contribution in [1.82, 2.24) is 4.98 Å². The maximum Gasteiger partial charge on any atom is 0.301 e. The first-order valence-electron chi connectivity index (χ1n) is 11.9. The summed E-state index contributed by atoms with van der Waals surface area (Å²) in [7, 11) is 0. The number of ether oxygens (including phenoxy) is 1. The quantitative estimate of drug-likeness (QED) is 0.191. The summed E-state index contributed by atoms with van der Waals surface area (Å²) in [5, 5.41) is 11.7. The summed E-state index contributed by atoms with van der Waals surface area (Å²) in [6.07, 6.45) is 0.884. The van der Waals surface area contributed by atoms with Gasteiger partial charge in [-0.25, -0.2) is 4.98 Å². The van der Waals surface area contributed by atoms with Crippen LogP contribution in [0.15, 0.2) is 72.3 Å². The number of ketones is 1. The van der Waals surface area contributed by atoms with E-state index in [9.17, 15) is 14.7 Å². The van der Waals surface area contributed by atoms with Gasteiger partial charge in [-0.1, -0.05) is 66.3 Å². The van der Waals surface area contributed by atoms with Gasteiger partial charge >= 0.3 is 5.91 Å². The van der Waals surface area contributed by atoms with Gasteiger partial charge in [0.2, 0.25) is 0 Å². The molecule has 36 heavy (non-hydrogen) atoms. The molecular weight excluding hydrogens is 472 g/mol. The number of aryl methyl sites for hydroxylation is 2. The number of amides is 1. The second-order valence-electron chi connectivity index (χ2n) is 8.92. The number of fused-ring (bicyclic) bond motifs is 1. The number of nitrogens with zero attached hydrogens (tertiary/aromatic N) is 2. The minimum absolute atomic E-state index is 0.0431. The monoisotopic (exact) mass is 498 g/mol. The Hall–Kier alpha value is -3.97. The van der Waals surface area contributed by atoms with Gasteiger partial charge in [0.05, 0.1) is 28.4 Å². The largest absolute Gasteiger partial charge is 0.507 e. The average Bonchev–Trinajstić information content (AvgIpc) is 3.40. The van der Waals surface area contributed by atoms with Crippen LogP contribution in [0.5, 0.6) is 5.75 Å². The summed E-state index contributed by atoms with van der Waals surface area (Å²) in [5.74, 6) is -0.953. The molecule has 4 aromatic rings. The number of hydrogen-bond acceptors (Lipinski definition) is 6. The van der Waals surface area contributed by atoms with Crippen molar-refractivity contribution in [2.45, 2.75) is 33.2 Å². The van der Waals surface area contributed by atoms with Crippen molar-refractivity contribution in [1.29, 1.82) is 0 Å². The van der Waals surface area contributed by atoms with E-state index in [2.05, 4.69) is 4.98 Å². The molecule has 1 atom stereocenters. The number of carbonyl (C=O) groups is 2. The zero-order valence-corrected chi connectivity index (χ0v) is 21.1. The Morgan fingerprint density at radius 2 is 1.69 bits per heavy atom. The van der Waals surface area contributed by atoms with Crippen molar-refractivity contribution in [2.75, 3.05) is 11.5 Å². The molecule has 1 amide bonds. The van der Waals surface area contributed by atoms with E-state index in [1.54, 1.807) is 12.1 Å². The van der Waals surface area contributed by atoms with Gasteiger partial charge in [-0.3, -0.25) is 14.5 Å². The highest BCUT2D eigenvalue weighted by Gasteiger charge is 2.48. The topological polar surface area (TPSA) is 79.7 Å². The third kappa shape index (κ3) is 4.27. The minimum atomic E-state index is -0.826. The molecule has 1 fully saturated rings. The fraction of sp³-hybridized carbons (Fsp3) is 0.207. The van der Waals surface area contributed by atoms with E-state index in [1.165, 1.54) is 16.2 Å². The highest BCUT2D eigenvalue weighted by Crippen LogP contribution is 2.44. The number of aromatic nitrogens is 1. The van der Waals surface area contributed by atoms with Crippen LogP contribution < -0.4 is 9.64 Å². The van der Waals surface area contributed by atoms with Crippen LogP contribution in [0, 0.1) is 13.8 Å². The van der Waals surface area contributed by atoms with Gasteiger partial charge < -0.3 is 9.84 Å². The Kier molecular flexibility index (Phi) is 6.33. The van der Waals surface area contributed by atoms with Gasteiger partial charge in [0.1, 0.15) is 11.5 Å². The van der Waals surface area contributed by atoms with E-state index in [4.69, 9.17) is 4.74 Å². The molecule has 0 aliphatic carbocycles. The normalized spacial score (nSPS) is 17.2. The van der Waals surface area contributed by atoms with Gasteiger partial charge in [0.15, 0.2) is 5.13 Å². The third-order valence-electron chi connectivity index (χ3n) is 6.18. The van der Waals surface area contributed by atoms with Gasteiger partial charge in [-0.2, -0.15) is 0 Å². The highest BCUT2D eigenvalue weighted by molar-refractivity contribution is 7.22. The summed E-state index contributed by atoms with van der Waals surface area (Å²) in [6, 6.07) is 19.6. The van der Waals surface area contributed by atoms with Gasteiger partial charge in [-0.15, -0.1) is 0 Å². The third-order valence-corrected chi connectivity index (χ3v) is 7.19. The van der Waals surface area contributed by atoms with Crippen LogP contribution in [0.2, 0.25) is 0 Å². The van der Waals surface area contributed by atoms with Crippen LogP contribution in [0.25, 0.3) is 16.0 Å². The van der Waals surface area contributed by atoms with Gasteiger partial charge in [0, 0.05) is 5.56 Å². The number of aliphatic hydroxyl groups excluding tert-OH is 1. The molecule has 1 aliphatic rings. The van der Waals surface area contributed by atoms with Gasteiger partial charge in [0.25, 0.3) is 5.78 Å². The molecule has 0 radical (unpaired) electrons. The standard InChI is InChI=1S/C29H26N2O4S/c1-4-15-35-21-12-10-19(11-13-21)25-24(26(32)20-8-5-17(2)6-9-20)27(33)28(34)31(25)29-30-22-14-7-18(3)16-23(22)36-29/h5-14,16,25,32H,4,15H2,1-3H3. The van der Waals surface area contributed by atoms with Crippen LogP contribution in [0.3, 0.4) is 0 Å². The Labute approximate surface area is 213 Å². The molecule has 3 aromatic carbocycles. The summed E-state index contributed by atoms with van der Waals surface area (Å²) in [4.78, 5) is 32.9. The van der Waals surface area contributed by atoms with E-state index in [0.717, 1.165) is 27.8 Å². The summed E-state index contributed by atoms with van der Waals surface area (Å²) < 4.78 is 6.64. The predicted molar refractivity (Wildman–Crippen MR) is 143 cm³/mol. The molecular formula is C29H26N2O4S. The number of thiazole rings is 1. The first-order chi connectivity index (χ1) is 17.4. The maximum atomic E-state index is 13.4. The minimum Gasteiger partial charge on any atom is -0.507 e. The molecule has 2 heterocycles. The van der Waals surface area contributed by atoms with Crippen molar-refractivity contribution in [3.63, 3.8) is 0 Å². The lowest BCUT2D eigenvalue weighted by Crippen LogP contribution is -2.29. The molecule has 182 valence electrons. The Bertz CT molecular complexity index is 1490. The van der Waals surface area contributed by atoms with Crippen molar-refractivity contribution in [2.24, 2.45) is 0 Å². The van der Waals surface area contributed by atoms with Crippen molar-refractivity contribution in [3.8, 4) is 5.75 Å². The van der Waals surface area contributed by atoms with E-state index in [0.29, 0.717) is 28.6 Å². The molecule has 1 N–H and O–H groups in total. The second kappa shape index (κ2) is 9.59. The molecule has 7 heteroatoms. The molecule has 5 rings (SSSR count). The van der Waals surface area contributed by atoms with Crippen molar-refractivity contribution >= 4 is 44.1 Å². The number of Topliss-reactive ketones (excluding diaryl/α,β-unsaturated/α-hetero) is 1. The zero-order chi connectivity index (χ0) is 25.4. The van der Waals surface area contributed by atoms with Gasteiger partial charge in [-0.05, 0) is 55.7 Å². The number of benzene rings is 3. The molecule has 0 spiro atoms. The van der Waals surface area contributed by atoms with E-state index in [-0.39, 0.29) is 11.3 Å². The molecule has 6 nitrogen and oxygen atoms in total. The number of rotatable bonds is 6. The highest BCUT2D eigenvalue weighted by atomic mass is 32.1. The molecule has 1 saturated heterocycles. The van der Waals surface area contributed by atoms with E-state index >= 15 is 0 Å². The molecule has 1 aliphatic heterocycles. The first-order valence-corrected chi connectivity index (χ1v) is 12.7. The Morgan fingerprint density at radius 1 is 1.00 bits per heavy atom. The predicted octanol–water partition coefficient (Wildman–Crippen LogP) is 6.33.